The second kappa shape index (κ2) is 33.7. The molecule has 0 radical (unpaired) electrons. The fourth-order valence-corrected chi connectivity index (χ4v) is 12.4. The SMILES string of the molecule is C=CCO[C@@H]1OC(COCc2ccccc2)[C@H](C)[C@H](OC2OC(COC(=O)c3ccccc3)C(C)C(O[C@@H]3OC(COCc4ccccc4)[C@H](C)[C@H](OC4OC(COC(=O)c5ccccc5)C(C)C(O)C4C)C3OC(=O)c3ccccc3)C2C)C1OC(=O)c1ccccc1. The summed E-state index contributed by atoms with van der Waals surface area (Å²) >= 11 is 0. The molecule has 19 heteroatoms. The van der Waals surface area contributed by atoms with Crippen LogP contribution >= 0.6 is 0 Å². The van der Waals surface area contributed by atoms with E-state index >= 15 is 0 Å². The lowest BCUT2D eigenvalue weighted by molar-refractivity contribution is -0.371. The lowest BCUT2D eigenvalue weighted by Crippen LogP contribution is -2.63. The highest BCUT2D eigenvalue weighted by molar-refractivity contribution is 5.91. The molecule has 500 valence electrons. The van der Waals surface area contributed by atoms with E-state index in [1.54, 1.807) is 134 Å². The molecule has 0 amide bonds. The van der Waals surface area contributed by atoms with Gasteiger partial charge in [-0.05, 0) is 59.7 Å². The number of rotatable bonds is 27. The summed E-state index contributed by atoms with van der Waals surface area (Å²) in [6, 6.07) is 53.6. The van der Waals surface area contributed by atoms with Crippen molar-refractivity contribution in [2.45, 2.75) is 141 Å². The molecule has 0 bridgehead atoms. The van der Waals surface area contributed by atoms with Gasteiger partial charge in [0.25, 0.3) is 0 Å². The average molecular weight is 1290 g/mol. The third-order valence-corrected chi connectivity index (χ3v) is 18.1. The molecule has 4 aliphatic rings. The van der Waals surface area contributed by atoms with Crippen molar-refractivity contribution in [1.29, 1.82) is 0 Å². The van der Waals surface area contributed by atoms with E-state index in [1.807, 2.05) is 95.3 Å². The Balaban J connectivity index is 1.01. The highest BCUT2D eigenvalue weighted by Crippen LogP contribution is 2.43. The molecule has 1 N–H and O–H groups in total. The van der Waals surface area contributed by atoms with Crippen LogP contribution in [0.5, 0.6) is 0 Å². The molecule has 4 fully saturated rings. The van der Waals surface area contributed by atoms with Gasteiger partial charge in [0.1, 0.15) is 25.4 Å². The van der Waals surface area contributed by atoms with Crippen molar-refractivity contribution in [2.75, 3.05) is 33.0 Å². The van der Waals surface area contributed by atoms with Gasteiger partial charge in [-0.1, -0.05) is 181 Å². The van der Waals surface area contributed by atoms with Crippen molar-refractivity contribution in [3.05, 3.63) is 228 Å². The first-order chi connectivity index (χ1) is 45.6. The van der Waals surface area contributed by atoms with Gasteiger partial charge in [-0.3, -0.25) is 0 Å². The summed E-state index contributed by atoms with van der Waals surface area (Å²) in [6.45, 7) is 15.3. The summed E-state index contributed by atoms with van der Waals surface area (Å²) in [7, 11) is 0. The van der Waals surface area contributed by atoms with E-state index in [0.29, 0.717) is 11.1 Å². The standard InChI is InChI=1S/C75H86O19/c1-8-39-83-74-66(90-70(79)56-35-23-13-24-36-56)64(48(4)58(88-74)42-81-40-52-27-15-9-16-28-52)94-73-51(7)63(47(3)61(87-73)45-85-69(78)55-33-21-12-22-34-55)92-75-67(91-71(80)57-37-25-14-26-38-57)65(49(5)59(89-75)43-82-41-53-29-17-10-18-30-53)93-72-50(6)62(76)46(2)60(86-72)44-84-68(77)54-31-19-11-20-32-54/h8-38,46-51,58-67,72-76H,1,39-45H2,2-7H3/t46?,47?,48-,49-,50?,51?,58?,59?,60?,61?,62?,63?,64-,65-,66?,67?,72?,73?,74+,75-/m0/s1. The van der Waals surface area contributed by atoms with E-state index in [4.69, 9.17) is 66.3 Å². The lowest BCUT2D eigenvalue weighted by Gasteiger charge is -2.51. The molecule has 20 atom stereocenters. The molecule has 6 aromatic carbocycles. The highest BCUT2D eigenvalue weighted by Gasteiger charge is 2.56. The second-order valence-electron chi connectivity index (χ2n) is 24.6. The van der Waals surface area contributed by atoms with Crippen LogP contribution in [0.15, 0.2) is 195 Å². The average Bonchev–Trinajstić information content (AvgIpc) is 0.774. The van der Waals surface area contributed by atoms with Gasteiger partial charge in [-0.15, -0.1) is 6.58 Å². The maximum atomic E-state index is 14.7. The van der Waals surface area contributed by atoms with E-state index in [9.17, 15) is 24.3 Å². The molecule has 6 aromatic rings. The van der Waals surface area contributed by atoms with Gasteiger partial charge in [-0.25, -0.2) is 19.2 Å². The Hall–Kier alpha value is -7.50. The largest absolute Gasteiger partial charge is 0.459 e. The molecule has 0 aliphatic carbocycles. The third-order valence-electron chi connectivity index (χ3n) is 18.1. The zero-order valence-corrected chi connectivity index (χ0v) is 53.9. The Morgan fingerprint density at radius 3 is 1.14 bits per heavy atom. The van der Waals surface area contributed by atoms with Crippen LogP contribution in [0.3, 0.4) is 0 Å². The van der Waals surface area contributed by atoms with Crippen molar-refractivity contribution in [2.24, 2.45) is 35.5 Å². The molecule has 4 aliphatic heterocycles. The first-order valence-electron chi connectivity index (χ1n) is 32.3. The summed E-state index contributed by atoms with van der Waals surface area (Å²) < 4.78 is 93.4. The van der Waals surface area contributed by atoms with Crippen LogP contribution in [-0.4, -0.2) is 148 Å². The van der Waals surface area contributed by atoms with Crippen molar-refractivity contribution < 1.29 is 90.6 Å². The Morgan fingerprint density at radius 1 is 0.383 bits per heavy atom. The molecule has 0 spiro atoms. The van der Waals surface area contributed by atoms with Crippen molar-refractivity contribution >= 4 is 23.9 Å². The van der Waals surface area contributed by atoms with Gasteiger partial charge in [0.15, 0.2) is 37.4 Å². The molecule has 4 heterocycles. The van der Waals surface area contributed by atoms with Crippen LogP contribution in [0.4, 0.5) is 0 Å². The molecular formula is C75H86O19. The number of carbonyl (C=O) groups excluding carboxylic acids is 4. The Bertz CT molecular complexity index is 3310. The maximum absolute atomic E-state index is 14.7. The van der Waals surface area contributed by atoms with E-state index in [1.165, 1.54) is 0 Å². The minimum absolute atomic E-state index is 0.0205. The predicted octanol–water partition coefficient (Wildman–Crippen LogP) is 11.0. The topological polar surface area (TPSA) is 218 Å². The van der Waals surface area contributed by atoms with Crippen LogP contribution in [0.1, 0.15) is 94.1 Å². The fourth-order valence-electron chi connectivity index (χ4n) is 12.4. The molecule has 10 rings (SSSR count). The van der Waals surface area contributed by atoms with Crippen molar-refractivity contribution in [3.63, 3.8) is 0 Å². The summed E-state index contributed by atoms with van der Waals surface area (Å²) in [5.41, 5.74) is 3.07. The molecule has 19 nitrogen and oxygen atoms in total. The monoisotopic (exact) mass is 1290 g/mol. The number of ether oxygens (including phenoxy) is 14. The van der Waals surface area contributed by atoms with Crippen LogP contribution in [-0.2, 0) is 79.5 Å². The van der Waals surface area contributed by atoms with Crippen LogP contribution < -0.4 is 0 Å². The normalized spacial score (nSPS) is 30.9. The van der Waals surface area contributed by atoms with E-state index in [0.717, 1.165) is 11.1 Å². The zero-order valence-electron chi connectivity index (χ0n) is 53.9. The Kier molecular flexibility index (Phi) is 24.9. The van der Waals surface area contributed by atoms with Crippen molar-refractivity contribution in [1.82, 2.24) is 0 Å². The molecule has 14 unspecified atom stereocenters. The summed E-state index contributed by atoms with van der Waals surface area (Å²) in [6.07, 6.45) is -13.3. The van der Waals surface area contributed by atoms with Gasteiger partial charge in [-0.2, -0.15) is 0 Å². The number of hydrogen-bond acceptors (Lipinski definition) is 19. The van der Waals surface area contributed by atoms with Gasteiger partial charge < -0.3 is 71.4 Å². The molecule has 0 aromatic heterocycles. The summed E-state index contributed by atoms with van der Waals surface area (Å²) in [5.74, 6) is -6.24. The number of carbonyl (C=O) groups is 4. The van der Waals surface area contributed by atoms with Gasteiger partial charge >= 0.3 is 23.9 Å². The number of aliphatic hydroxyl groups excluding tert-OH is 1. The maximum Gasteiger partial charge on any atom is 0.338 e. The quantitative estimate of drug-likeness (QED) is 0.0288. The number of aliphatic hydroxyl groups is 1. The van der Waals surface area contributed by atoms with Crippen LogP contribution in [0, 0.1) is 35.5 Å². The minimum Gasteiger partial charge on any atom is -0.459 e. The first kappa shape index (κ1) is 69.3. The molecule has 94 heavy (non-hydrogen) atoms. The van der Waals surface area contributed by atoms with Crippen LogP contribution in [0.2, 0.25) is 0 Å². The number of benzene rings is 6. The Labute approximate surface area is 549 Å². The van der Waals surface area contributed by atoms with Gasteiger partial charge in [0.2, 0.25) is 0 Å². The lowest BCUT2D eigenvalue weighted by atomic mass is 9.84. The fraction of sp³-hybridized carbons (Fsp3) is 0.440. The third kappa shape index (κ3) is 17.7. The molecule has 4 saturated heterocycles. The van der Waals surface area contributed by atoms with Crippen molar-refractivity contribution in [3.8, 4) is 0 Å². The summed E-state index contributed by atoms with van der Waals surface area (Å²) in [4.78, 5) is 56.1. The predicted molar refractivity (Wildman–Crippen MR) is 343 cm³/mol. The molecular weight excluding hydrogens is 1200 g/mol. The van der Waals surface area contributed by atoms with Gasteiger partial charge in [0.05, 0.1) is 91.9 Å². The summed E-state index contributed by atoms with van der Waals surface area (Å²) in [5, 5.41) is 12.0. The number of hydrogen-bond donors (Lipinski definition) is 1. The smallest absolute Gasteiger partial charge is 0.338 e. The second-order valence-corrected chi connectivity index (χ2v) is 24.6. The first-order valence-corrected chi connectivity index (χ1v) is 32.3. The molecule has 0 saturated carbocycles. The van der Waals surface area contributed by atoms with E-state index in [2.05, 4.69) is 6.58 Å². The van der Waals surface area contributed by atoms with Crippen LogP contribution in [0.25, 0.3) is 0 Å². The highest BCUT2D eigenvalue weighted by atomic mass is 16.8. The number of esters is 4. The zero-order chi connectivity index (χ0) is 66.1. The van der Waals surface area contributed by atoms with Gasteiger partial charge in [0, 0.05) is 35.5 Å². The van der Waals surface area contributed by atoms with E-state index in [-0.39, 0.29) is 57.4 Å². The minimum atomic E-state index is -1.44. The van der Waals surface area contributed by atoms with E-state index < -0.39 is 146 Å². The Morgan fingerprint density at radius 2 is 0.713 bits per heavy atom.